The van der Waals surface area contributed by atoms with E-state index in [0.717, 1.165) is 10.6 Å². The molecular formula is C8H10N6OS. The van der Waals surface area contributed by atoms with Crippen molar-refractivity contribution in [2.75, 3.05) is 5.32 Å². The zero-order valence-corrected chi connectivity index (χ0v) is 9.65. The molecule has 0 fully saturated rings. The maximum Gasteiger partial charge on any atom is 0.248 e. The van der Waals surface area contributed by atoms with E-state index in [-0.39, 0.29) is 12.5 Å². The minimum atomic E-state index is -0.193. The summed E-state index contributed by atoms with van der Waals surface area (Å²) in [5.74, 6) is -0.193. The lowest BCUT2D eigenvalue weighted by Gasteiger charge is -1.99. The van der Waals surface area contributed by atoms with Crippen molar-refractivity contribution in [3.63, 3.8) is 0 Å². The van der Waals surface area contributed by atoms with Crippen molar-refractivity contribution in [3.8, 4) is 0 Å². The molecule has 1 N–H and O–H groups in total. The van der Waals surface area contributed by atoms with E-state index in [0.29, 0.717) is 5.13 Å². The first kappa shape index (κ1) is 10.7. The van der Waals surface area contributed by atoms with Crippen molar-refractivity contribution >= 4 is 22.4 Å². The van der Waals surface area contributed by atoms with Crippen molar-refractivity contribution in [2.45, 2.75) is 20.4 Å². The molecule has 0 aromatic carbocycles. The summed E-state index contributed by atoms with van der Waals surface area (Å²) in [4.78, 5) is 16.8. The van der Waals surface area contributed by atoms with Crippen LogP contribution < -0.4 is 5.32 Å². The average molecular weight is 238 g/mol. The van der Waals surface area contributed by atoms with Gasteiger partial charge in [0.05, 0.1) is 5.69 Å². The molecule has 1 amide bonds. The highest BCUT2D eigenvalue weighted by Gasteiger charge is 2.08. The van der Waals surface area contributed by atoms with E-state index in [9.17, 15) is 4.79 Å². The lowest BCUT2D eigenvalue weighted by atomic mass is 10.4. The van der Waals surface area contributed by atoms with Crippen LogP contribution in [-0.4, -0.2) is 31.1 Å². The summed E-state index contributed by atoms with van der Waals surface area (Å²) in [5.41, 5.74) is 0.933. The molecule has 8 heteroatoms. The third-order valence-corrected chi connectivity index (χ3v) is 2.96. The zero-order valence-electron chi connectivity index (χ0n) is 8.84. The first-order valence-electron chi connectivity index (χ1n) is 4.60. The second-order valence-electron chi connectivity index (χ2n) is 3.22. The Balaban J connectivity index is 1.97. The fourth-order valence-corrected chi connectivity index (χ4v) is 1.92. The van der Waals surface area contributed by atoms with Crippen molar-refractivity contribution < 1.29 is 4.79 Å². The molecule has 0 spiro atoms. The Morgan fingerprint density at radius 2 is 2.38 bits per heavy atom. The minimum absolute atomic E-state index is 0.0880. The molecule has 2 aromatic rings. The van der Waals surface area contributed by atoms with Gasteiger partial charge >= 0.3 is 0 Å². The molecular weight excluding hydrogens is 228 g/mol. The van der Waals surface area contributed by atoms with E-state index in [1.165, 1.54) is 22.3 Å². The summed E-state index contributed by atoms with van der Waals surface area (Å²) in [7, 11) is 0. The predicted octanol–water partition coefficient (Wildman–Crippen LogP) is 0.385. The number of tetrazole rings is 1. The highest BCUT2D eigenvalue weighted by molar-refractivity contribution is 7.15. The molecule has 0 aliphatic heterocycles. The number of amides is 1. The van der Waals surface area contributed by atoms with Crippen LogP contribution in [0.1, 0.15) is 10.6 Å². The maximum atomic E-state index is 11.5. The highest BCUT2D eigenvalue weighted by Crippen LogP contribution is 2.20. The fraction of sp³-hybridized carbons (Fsp3) is 0.375. The molecule has 2 rings (SSSR count). The third-order valence-electron chi connectivity index (χ3n) is 1.97. The molecule has 2 heterocycles. The Morgan fingerprint density at radius 3 is 2.94 bits per heavy atom. The number of rotatable bonds is 3. The summed E-state index contributed by atoms with van der Waals surface area (Å²) < 4.78 is 1.35. The summed E-state index contributed by atoms with van der Waals surface area (Å²) >= 11 is 1.45. The van der Waals surface area contributed by atoms with Crippen molar-refractivity contribution in [1.82, 2.24) is 25.2 Å². The van der Waals surface area contributed by atoms with Gasteiger partial charge in [0, 0.05) is 4.88 Å². The topological polar surface area (TPSA) is 85.6 Å². The smallest absolute Gasteiger partial charge is 0.248 e. The molecule has 0 aliphatic carbocycles. The Bertz CT molecular complexity index is 471. The van der Waals surface area contributed by atoms with Gasteiger partial charge in [0.2, 0.25) is 5.91 Å². The summed E-state index contributed by atoms with van der Waals surface area (Å²) in [6.45, 7) is 3.96. The number of thiazole rings is 1. The van der Waals surface area contributed by atoms with Gasteiger partial charge in [-0.25, -0.2) is 9.67 Å². The van der Waals surface area contributed by atoms with Crippen LogP contribution in [0.2, 0.25) is 0 Å². The molecule has 0 saturated carbocycles. The number of nitrogens with zero attached hydrogens (tertiary/aromatic N) is 5. The molecule has 84 valence electrons. The maximum absolute atomic E-state index is 11.5. The SMILES string of the molecule is Cc1nc(NC(=O)Cn2cnnn2)sc1C. The molecule has 0 bridgehead atoms. The quantitative estimate of drug-likeness (QED) is 0.835. The molecule has 0 radical (unpaired) electrons. The van der Waals surface area contributed by atoms with Gasteiger partial charge in [-0.2, -0.15) is 0 Å². The van der Waals surface area contributed by atoms with Crippen LogP contribution in [0.25, 0.3) is 0 Å². The van der Waals surface area contributed by atoms with E-state index in [4.69, 9.17) is 0 Å². The molecule has 0 saturated heterocycles. The standard InChI is InChI=1S/C8H10N6OS/c1-5-6(2)16-8(10-5)11-7(15)3-14-4-9-12-13-14/h4H,3H2,1-2H3,(H,10,11,15). The van der Waals surface area contributed by atoms with Gasteiger partial charge in [0.25, 0.3) is 0 Å². The van der Waals surface area contributed by atoms with Gasteiger partial charge in [-0.3, -0.25) is 4.79 Å². The number of hydrogen-bond acceptors (Lipinski definition) is 6. The van der Waals surface area contributed by atoms with Crippen LogP contribution >= 0.6 is 11.3 Å². The lowest BCUT2D eigenvalue weighted by Crippen LogP contribution is -2.19. The Kier molecular flexibility index (Phi) is 2.91. The van der Waals surface area contributed by atoms with Gasteiger partial charge in [0.1, 0.15) is 12.9 Å². The number of nitrogens with one attached hydrogen (secondary N) is 1. The zero-order chi connectivity index (χ0) is 11.5. The molecule has 0 aliphatic rings. The largest absolute Gasteiger partial charge is 0.300 e. The number of carbonyl (C=O) groups is 1. The van der Waals surface area contributed by atoms with Gasteiger partial charge in [-0.15, -0.1) is 16.4 Å². The van der Waals surface area contributed by atoms with Crippen LogP contribution in [0, 0.1) is 13.8 Å². The van der Waals surface area contributed by atoms with Gasteiger partial charge in [-0.05, 0) is 24.3 Å². The summed E-state index contributed by atoms with van der Waals surface area (Å²) in [6.07, 6.45) is 1.39. The third kappa shape index (κ3) is 2.40. The van der Waals surface area contributed by atoms with E-state index in [2.05, 4.69) is 25.8 Å². The molecule has 16 heavy (non-hydrogen) atoms. The van der Waals surface area contributed by atoms with E-state index >= 15 is 0 Å². The summed E-state index contributed by atoms with van der Waals surface area (Å²) in [5, 5.41) is 13.8. The molecule has 0 atom stereocenters. The van der Waals surface area contributed by atoms with Crippen LogP contribution in [0.3, 0.4) is 0 Å². The molecule has 2 aromatic heterocycles. The van der Waals surface area contributed by atoms with Gasteiger partial charge in [0.15, 0.2) is 5.13 Å². The summed E-state index contributed by atoms with van der Waals surface area (Å²) in [6, 6.07) is 0. The van der Waals surface area contributed by atoms with Gasteiger partial charge < -0.3 is 5.32 Å². The van der Waals surface area contributed by atoms with E-state index in [1.807, 2.05) is 13.8 Å². The predicted molar refractivity (Wildman–Crippen MR) is 58.0 cm³/mol. The number of hydrogen-bond donors (Lipinski definition) is 1. The number of aryl methyl sites for hydroxylation is 2. The van der Waals surface area contributed by atoms with Crippen LogP contribution in [0.15, 0.2) is 6.33 Å². The van der Waals surface area contributed by atoms with E-state index < -0.39 is 0 Å². The Labute approximate surface area is 95.5 Å². The fourth-order valence-electron chi connectivity index (χ4n) is 1.08. The normalized spacial score (nSPS) is 10.4. The second kappa shape index (κ2) is 4.35. The monoisotopic (exact) mass is 238 g/mol. The molecule has 0 unspecified atom stereocenters. The minimum Gasteiger partial charge on any atom is -0.300 e. The van der Waals surface area contributed by atoms with Crippen molar-refractivity contribution in [2.24, 2.45) is 0 Å². The Morgan fingerprint density at radius 1 is 1.56 bits per heavy atom. The van der Waals surface area contributed by atoms with Crippen LogP contribution in [-0.2, 0) is 11.3 Å². The number of aromatic nitrogens is 5. The number of anilines is 1. The van der Waals surface area contributed by atoms with E-state index in [1.54, 1.807) is 0 Å². The van der Waals surface area contributed by atoms with Crippen LogP contribution in [0.5, 0.6) is 0 Å². The lowest BCUT2D eigenvalue weighted by molar-refractivity contribution is -0.116. The van der Waals surface area contributed by atoms with Gasteiger partial charge in [-0.1, -0.05) is 0 Å². The number of carbonyl (C=O) groups excluding carboxylic acids is 1. The second-order valence-corrected chi connectivity index (χ2v) is 4.42. The van der Waals surface area contributed by atoms with Crippen molar-refractivity contribution in [3.05, 3.63) is 16.9 Å². The molecule has 7 nitrogen and oxygen atoms in total. The first-order valence-corrected chi connectivity index (χ1v) is 5.41. The first-order chi connectivity index (χ1) is 7.65. The van der Waals surface area contributed by atoms with Crippen molar-refractivity contribution in [1.29, 1.82) is 0 Å². The Hall–Kier alpha value is -1.83. The van der Waals surface area contributed by atoms with Crippen LogP contribution in [0.4, 0.5) is 5.13 Å². The highest BCUT2D eigenvalue weighted by atomic mass is 32.1. The average Bonchev–Trinajstić information content (AvgIpc) is 2.78.